The third-order valence-electron chi connectivity index (χ3n) is 5.63. The lowest BCUT2D eigenvalue weighted by Gasteiger charge is -2.15. The Balaban J connectivity index is 0.000000527. The Morgan fingerprint density at radius 2 is 1.31 bits per heavy atom. The van der Waals surface area contributed by atoms with Crippen molar-refractivity contribution >= 4 is 18.9 Å². The molecule has 0 amide bonds. The molecule has 4 aromatic rings. The van der Waals surface area contributed by atoms with Gasteiger partial charge >= 0.3 is 18.8 Å². The molecular weight excluding hydrogens is 455 g/mol. The standard InChI is InChI=1S/C28H22O2.BF4/c29-24-16-14-20(15-17-24)18-23-12-7-13-25-26(21-8-3-1-4-9-21)19-27(30-28(23)25)22-10-5-2-6-11-22;2-1(3,4)5/h1-6,8-11,14-19H,7,12-13H2;/q;-1/p+1/b23-18+;. The minimum absolute atomic E-state index is 0.281. The molecule has 0 radical (unpaired) electrons. The van der Waals surface area contributed by atoms with Gasteiger partial charge in [0.05, 0.1) is 22.8 Å². The molecule has 1 aliphatic rings. The number of fused-ring (bicyclic) bond motifs is 1. The van der Waals surface area contributed by atoms with Crippen LogP contribution in [0.2, 0.25) is 0 Å². The summed E-state index contributed by atoms with van der Waals surface area (Å²) < 4.78 is 45.5. The number of allylic oxidation sites excluding steroid dienone is 1. The highest BCUT2D eigenvalue weighted by Gasteiger charge is 2.31. The van der Waals surface area contributed by atoms with Crippen LogP contribution in [0.5, 0.6) is 5.75 Å². The van der Waals surface area contributed by atoms with Crippen LogP contribution in [0.1, 0.15) is 29.7 Å². The normalized spacial score (nSPS) is 14.1. The van der Waals surface area contributed by atoms with Crippen LogP contribution >= 0.6 is 0 Å². The molecule has 0 fully saturated rings. The van der Waals surface area contributed by atoms with Gasteiger partial charge in [0.2, 0.25) is 0 Å². The minimum Gasteiger partial charge on any atom is -0.508 e. The summed E-state index contributed by atoms with van der Waals surface area (Å²) in [6.45, 7) is 0. The molecule has 7 heteroatoms. The summed E-state index contributed by atoms with van der Waals surface area (Å²) in [6.07, 6.45) is 5.26. The molecule has 0 saturated heterocycles. The number of hydrogen-bond acceptors (Lipinski definition) is 1. The van der Waals surface area contributed by atoms with Crippen LogP contribution in [-0.4, -0.2) is 12.4 Å². The number of benzene rings is 3. The largest absolute Gasteiger partial charge is 0.673 e. The van der Waals surface area contributed by atoms with E-state index < -0.39 is 7.25 Å². The Labute approximate surface area is 201 Å². The van der Waals surface area contributed by atoms with Gasteiger partial charge in [0.25, 0.3) is 0 Å². The molecule has 1 aliphatic carbocycles. The molecule has 2 nitrogen and oxygen atoms in total. The molecule has 3 aromatic carbocycles. The molecule has 0 saturated carbocycles. The van der Waals surface area contributed by atoms with E-state index in [0.29, 0.717) is 0 Å². The third kappa shape index (κ3) is 6.60. The topological polar surface area (TPSA) is 31.5 Å². The Bertz CT molecular complexity index is 1300. The fourth-order valence-corrected chi connectivity index (χ4v) is 4.15. The second-order valence-electron chi connectivity index (χ2n) is 8.17. The molecular formula is C28H23BF4O2. The second-order valence-corrected chi connectivity index (χ2v) is 8.17. The van der Waals surface area contributed by atoms with Crippen molar-refractivity contribution in [3.8, 4) is 28.2 Å². The smallest absolute Gasteiger partial charge is 0.508 e. The number of aromatic hydroxyl groups is 1. The summed E-state index contributed by atoms with van der Waals surface area (Å²) in [4.78, 5) is 0. The van der Waals surface area contributed by atoms with Crippen molar-refractivity contribution in [1.29, 1.82) is 0 Å². The molecule has 1 N–H and O–H groups in total. The summed E-state index contributed by atoms with van der Waals surface area (Å²) in [5.41, 5.74) is 7.08. The highest BCUT2D eigenvalue weighted by atomic mass is 19.5. The van der Waals surface area contributed by atoms with Gasteiger partial charge in [0.15, 0.2) is 0 Å². The summed E-state index contributed by atoms with van der Waals surface area (Å²) in [5, 5.41) is 9.61. The molecule has 1 heterocycles. The molecule has 1 aromatic heterocycles. The van der Waals surface area contributed by atoms with Gasteiger partial charge in [-0.05, 0) is 60.7 Å². The van der Waals surface area contributed by atoms with Crippen LogP contribution in [0.25, 0.3) is 34.1 Å². The van der Waals surface area contributed by atoms with Gasteiger partial charge in [-0.3, -0.25) is 0 Å². The van der Waals surface area contributed by atoms with Gasteiger partial charge in [0, 0.05) is 5.56 Å². The van der Waals surface area contributed by atoms with Crippen molar-refractivity contribution in [2.75, 3.05) is 0 Å². The maximum Gasteiger partial charge on any atom is 0.673 e. The highest BCUT2D eigenvalue weighted by Crippen LogP contribution is 2.41. The summed E-state index contributed by atoms with van der Waals surface area (Å²) in [5.74, 6) is 2.14. The van der Waals surface area contributed by atoms with E-state index in [1.807, 2.05) is 30.3 Å². The minimum atomic E-state index is -6.00. The van der Waals surface area contributed by atoms with Crippen LogP contribution in [0.15, 0.2) is 95.4 Å². The first-order valence-corrected chi connectivity index (χ1v) is 11.3. The van der Waals surface area contributed by atoms with Crippen molar-refractivity contribution < 1.29 is 26.8 Å². The second kappa shape index (κ2) is 10.6. The first kappa shape index (κ1) is 24.3. The Kier molecular flexibility index (Phi) is 7.35. The van der Waals surface area contributed by atoms with Gasteiger partial charge in [-0.1, -0.05) is 60.7 Å². The molecule has 35 heavy (non-hydrogen) atoms. The Morgan fingerprint density at radius 3 is 1.91 bits per heavy atom. The SMILES string of the molecule is F[B-](F)(F)F.Oc1ccc(/C=C2\CCCc3c(-c4ccccc4)cc(-c4ccccc4)[o+]c32)cc1. The zero-order chi connectivity index (χ0) is 24.8. The first-order valence-electron chi connectivity index (χ1n) is 11.3. The molecule has 0 aliphatic heterocycles. The van der Waals surface area contributed by atoms with Crippen molar-refractivity contribution in [3.05, 3.63) is 108 Å². The fraction of sp³-hybridized carbons (Fsp3) is 0.107. The summed E-state index contributed by atoms with van der Waals surface area (Å²) >= 11 is 0. The van der Waals surface area contributed by atoms with E-state index in [0.717, 1.165) is 41.9 Å². The molecule has 178 valence electrons. The van der Waals surface area contributed by atoms with E-state index in [1.54, 1.807) is 12.1 Å². The van der Waals surface area contributed by atoms with Crippen molar-refractivity contribution in [2.45, 2.75) is 19.3 Å². The number of halogens is 4. The maximum absolute atomic E-state index is 9.75. The van der Waals surface area contributed by atoms with Crippen LogP contribution in [-0.2, 0) is 6.42 Å². The maximum atomic E-state index is 9.75. The zero-order valence-electron chi connectivity index (χ0n) is 18.8. The zero-order valence-corrected chi connectivity index (χ0v) is 18.8. The number of hydrogen-bond donors (Lipinski definition) is 1. The van der Waals surface area contributed by atoms with Gasteiger partial charge in [-0.15, -0.1) is 0 Å². The fourth-order valence-electron chi connectivity index (χ4n) is 4.15. The van der Waals surface area contributed by atoms with Gasteiger partial charge in [-0.25, -0.2) is 4.42 Å². The number of rotatable bonds is 3. The van der Waals surface area contributed by atoms with Gasteiger partial charge in [0.1, 0.15) is 5.75 Å². The van der Waals surface area contributed by atoms with E-state index >= 15 is 0 Å². The molecule has 0 spiro atoms. The average molecular weight is 478 g/mol. The van der Waals surface area contributed by atoms with Crippen LogP contribution in [0, 0.1) is 0 Å². The summed E-state index contributed by atoms with van der Waals surface area (Å²) in [7, 11) is -6.00. The van der Waals surface area contributed by atoms with E-state index in [4.69, 9.17) is 4.42 Å². The quantitative estimate of drug-likeness (QED) is 0.181. The third-order valence-corrected chi connectivity index (χ3v) is 5.63. The molecule has 0 unspecified atom stereocenters. The molecule has 0 bridgehead atoms. The average Bonchev–Trinajstić information content (AvgIpc) is 2.85. The first-order chi connectivity index (χ1) is 16.8. The molecule has 5 rings (SSSR count). The molecule has 0 atom stereocenters. The lowest BCUT2D eigenvalue weighted by Crippen LogP contribution is -2.05. The lowest BCUT2D eigenvalue weighted by molar-refractivity contribution is 0.368. The monoisotopic (exact) mass is 478 g/mol. The van der Waals surface area contributed by atoms with E-state index in [1.165, 1.54) is 22.3 Å². The predicted molar refractivity (Wildman–Crippen MR) is 133 cm³/mol. The van der Waals surface area contributed by atoms with Gasteiger partial charge < -0.3 is 22.4 Å². The van der Waals surface area contributed by atoms with Crippen molar-refractivity contribution in [1.82, 2.24) is 0 Å². The Morgan fingerprint density at radius 1 is 0.743 bits per heavy atom. The van der Waals surface area contributed by atoms with Crippen molar-refractivity contribution in [3.63, 3.8) is 0 Å². The van der Waals surface area contributed by atoms with Crippen LogP contribution < -0.4 is 0 Å². The predicted octanol–water partition coefficient (Wildman–Crippen LogP) is 8.78. The number of phenols is 1. The number of phenolic OH excluding ortho intramolecular Hbond substituents is 1. The van der Waals surface area contributed by atoms with Crippen LogP contribution in [0.4, 0.5) is 17.3 Å². The van der Waals surface area contributed by atoms with E-state index in [2.05, 4.69) is 54.6 Å². The van der Waals surface area contributed by atoms with Gasteiger partial charge in [-0.2, -0.15) is 0 Å². The highest BCUT2D eigenvalue weighted by molar-refractivity contribution is 6.50. The summed E-state index contributed by atoms with van der Waals surface area (Å²) in [6, 6.07) is 30.4. The van der Waals surface area contributed by atoms with E-state index in [-0.39, 0.29) is 5.75 Å². The van der Waals surface area contributed by atoms with Crippen molar-refractivity contribution in [2.24, 2.45) is 0 Å². The Hall–Kier alpha value is -3.87. The lowest BCUT2D eigenvalue weighted by atomic mass is 9.86. The van der Waals surface area contributed by atoms with E-state index in [9.17, 15) is 22.4 Å². The van der Waals surface area contributed by atoms with Crippen LogP contribution in [0.3, 0.4) is 0 Å².